The summed E-state index contributed by atoms with van der Waals surface area (Å²) in [7, 11) is 0. The Kier molecular flexibility index (Phi) is 4.96. The van der Waals surface area contributed by atoms with Gasteiger partial charge in [-0.2, -0.15) is 0 Å². The summed E-state index contributed by atoms with van der Waals surface area (Å²) in [6.07, 6.45) is 3.55. The van der Waals surface area contributed by atoms with E-state index in [2.05, 4.69) is 88.4 Å². The SMILES string of the molecule is c1ccc(-c2cccc(-n3c4cc(-c5ccco5)ccc4c4ccc(-c5nc6ccccc6s5)cc43)c2)nc1. The molecule has 0 aliphatic rings. The second-order valence-electron chi connectivity index (χ2n) is 9.53. The number of thiazole rings is 1. The molecule has 0 aliphatic carbocycles. The van der Waals surface area contributed by atoms with Gasteiger partial charge in [0.2, 0.25) is 0 Å². The highest BCUT2D eigenvalue weighted by Crippen LogP contribution is 2.39. The maximum atomic E-state index is 5.75. The molecule has 0 atom stereocenters. The van der Waals surface area contributed by atoms with Gasteiger partial charge in [-0.3, -0.25) is 4.98 Å². The molecule has 0 saturated heterocycles. The summed E-state index contributed by atoms with van der Waals surface area (Å²) < 4.78 is 9.29. The number of hydrogen-bond donors (Lipinski definition) is 0. The van der Waals surface area contributed by atoms with Gasteiger partial charge in [0.05, 0.1) is 33.2 Å². The predicted octanol–water partition coefficient (Wildman–Crippen LogP) is 9.38. The van der Waals surface area contributed by atoms with Crippen molar-refractivity contribution in [2.75, 3.05) is 0 Å². The molecule has 0 spiro atoms. The summed E-state index contributed by atoms with van der Waals surface area (Å²) in [5.41, 5.74) is 8.55. The van der Waals surface area contributed by atoms with E-state index >= 15 is 0 Å². The molecule has 0 N–H and O–H groups in total. The van der Waals surface area contributed by atoms with Gasteiger partial charge in [-0.05, 0) is 60.7 Å². The second-order valence-corrected chi connectivity index (χ2v) is 10.6. The molecule has 4 nitrogen and oxygen atoms in total. The minimum Gasteiger partial charge on any atom is -0.464 e. The van der Waals surface area contributed by atoms with Crippen molar-refractivity contribution in [3.63, 3.8) is 0 Å². The molecule has 39 heavy (non-hydrogen) atoms. The average Bonchev–Trinajstić information content (AvgIpc) is 3.75. The van der Waals surface area contributed by atoms with Crippen LogP contribution in [0.1, 0.15) is 0 Å². The predicted molar refractivity (Wildman–Crippen MR) is 160 cm³/mol. The fourth-order valence-electron chi connectivity index (χ4n) is 5.36. The lowest BCUT2D eigenvalue weighted by atomic mass is 10.1. The van der Waals surface area contributed by atoms with Crippen molar-refractivity contribution in [2.45, 2.75) is 0 Å². The van der Waals surface area contributed by atoms with Crippen LogP contribution in [0.4, 0.5) is 0 Å². The third-order valence-electron chi connectivity index (χ3n) is 7.18. The smallest absolute Gasteiger partial charge is 0.133 e. The quantitative estimate of drug-likeness (QED) is 0.233. The first-order valence-electron chi connectivity index (χ1n) is 12.8. The van der Waals surface area contributed by atoms with E-state index in [0.29, 0.717) is 0 Å². The third kappa shape index (κ3) is 3.67. The Morgan fingerprint density at radius 1 is 0.641 bits per heavy atom. The zero-order chi connectivity index (χ0) is 25.8. The molecular formula is C34H21N3OS. The minimum absolute atomic E-state index is 0.853. The Balaban J connectivity index is 1.40. The van der Waals surface area contributed by atoms with Crippen molar-refractivity contribution in [1.82, 2.24) is 14.5 Å². The zero-order valence-corrected chi connectivity index (χ0v) is 21.6. The lowest BCUT2D eigenvalue weighted by molar-refractivity contribution is 0.582. The number of rotatable bonds is 4. The van der Waals surface area contributed by atoms with Crippen LogP contribution >= 0.6 is 11.3 Å². The van der Waals surface area contributed by atoms with Crippen LogP contribution in [0.5, 0.6) is 0 Å². The first-order chi connectivity index (χ1) is 19.3. The second kappa shape index (κ2) is 8.79. The summed E-state index contributed by atoms with van der Waals surface area (Å²) in [6.45, 7) is 0. The van der Waals surface area contributed by atoms with Crippen LogP contribution in [0.25, 0.3) is 70.9 Å². The third-order valence-corrected chi connectivity index (χ3v) is 8.26. The Morgan fingerprint density at radius 3 is 2.26 bits per heavy atom. The molecule has 0 unspecified atom stereocenters. The van der Waals surface area contributed by atoms with Crippen molar-refractivity contribution < 1.29 is 4.42 Å². The van der Waals surface area contributed by atoms with E-state index in [-0.39, 0.29) is 0 Å². The number of para-hydroxylation sites is 1. The van der Waals surface area contributed by atoms with Crippen LogP contribution < -0.4 is 0 Å². The molecule has 0 radical (unpaired) electrons. The number of pyridine rings is 1. The topological polar surface area (TPSA) is 43.9 Å². The van der Waals surface area contributed by atoms with Crippen LogP contribution in [0.3, 0.4) is 0 Å². The molecular weight excluding hydrogens is 498 g/mol. The summed E-state index contributed by atoms with van der Waals surface area (Å²) in [4.78, 5) is 9.53. The van der Waals surface area contributed by atoms with Gasteiger partial charge in [0, 0.05) is 39.3 Å². The Hall–Kier alpha value is -5.00. The molecule has 5 heteroatoms. The highest BCUT2D eigenvalue weighted by atomic mass is 32.1. The summed E-state index contributed by atoms with van der Waals surface area (Å²) in [6, 6.07) is 40.1. The molecule has 0 saturated carbocycles. The van der Waals surface area contributed by atoms with Gasteiger partial charge in [0.25, 0.3) is 0 Å². The van der Waals surface area contributed by atoms with Gasteiger partial charge in [-0.15, -0.1) is 11.3 Å². The van der Waals surface area contributed by atoms with Crippen LogP contribution in [0.15, 0.2) is 132 Å². The van der Waals surface area contributed by atoms with Gasteiger partial charge >= 0.3 is 0 Å². The van der Waals surface area contributed by atoms with Gasteiger partial charge in [-0.1, -0.05) is 54.6 Å². The molecule has 4 aromatic carbocycles. The van der Waals surface area contributed by atoms with Gasteiger partial charge < -0.3 is 8.98 Å². The molecule has 0 fully saturated rings. The highest BCUT2D eigenvalue weighted by Gasteiger charge is 2.17. The maximum absolute atomic E-state index is 5.75. The number of fused-ring (bicyclic) bond motifs is 4. The van der Waals surface area contributed by atoms with Crippen molar-refractivity contribution in [1.29, 1.82) is 0 Å². The fourth-order valence-corrected chi connectivity index (χ4v) is 6.32. The molecule has 0 bridgehead atoms. The number of hydrogen-bond acceptors (Lipinski definition) is 4. The number of nitrogens with zero attached hydrogens (tertiary/aromatic N) is 3. The Bertz CT molecular complexity index is 2090. The molecule has 0 amide bonds. The minimum atomic E-state index is 0.853. The van der Waals surface area contributed by atoms with E-state index in [9.17, 15) is 0 Å². The lowest BCUT2D eigenvalue weighted by Gasteiger charge is -2.11. The first-order valence-corrected chi connectivity index (χ1v) is 13.6. The fraction of sp³-hybridized carbons (Fsp3) is 0. The van der Waals surface area contributed by atoms with Crippen LogP contribution in [-0.4, -0.2) is 14.5 Å². The average molecular weight is 520 g/mol. The standard InChI is InChI=1S/C34H21N3OS/c1-2-12-33-29(10-1)36-34(39-33)24-14-16-27-26-15-13-23(32-11-6-18-38-32)20-30(26)37(31(27)21-24)25-8-5-7-22(19-25)28-9-3-4-17-35-28/h1-21H. The Labute approximate surface area is 228 Å². The highest BCUT2D eigenvalue weighted by molar-refractivity contribution is 7.21. The van der Waals surface area contributed by atoms with E-state index in [4.69, 9.17) is 9.40 Å². The molecule has 4 aromatic heterocycles. The largest absolute Gasteiger partial charge is 0.464 e. The molecule has 0 aliphatic heterocycles. The van der Waals surface area contributed by atoms with Crippen molar-refractivity contribution in [3.05, 3.63) is 128 Å². The summed E-state index contributed by atoms with van der Waals surface area (Å²) >= 11 is 1.73. The zero-order valence-electron chi connectivity index (χ0n) is 20.8. The lowest BCUT2D eigenvalue weighted by Crippen LogP contribution is -1.95. The Morgan fingerprint density at radius 2 is 1.46 bits per heavy atom. The van der Waals surface area contributed by atoms with Gasteiger partial charge in [0.1, 0.15) is 10.8 Å². The number of benzene rings is 4. The summed E-state index contributed by atoms with van der Waals surface area (Å²) in [5.74, 6) is 0.853. The van der Waals surface area contributed by atoms with E-state index in [1.807, 2.05) is 42.6 Å². The number of furan rings is 1. The normalized spacial score (nSPS) is 11.6. The van der Waals surface area contributed by atoms with E-state index in [1.165, 1.54) is 15.5 Å². The summed E-state index contributed by atoms with van der Waals surface area (Å²) in [5, 5.41) is 3.41. The van der Waals surface area contributed by atoms with E-state index < -0.39 is 0 Å². The molecule has 8 rings (SSSR count). The van der Waals surface area contributed by atoms with Crippen LogP contribution in [0, 0.1) is 0 Å². The monoisotopic (exact) mass is 519 g/mol. The van der Waals surface area contributed by atoms with Crippen LogP contribution in [0.2, 0.25) is 0 Å². The van der Waals surface area contributed by atoms with Crippen molar-refractivity contribution >= 4 is 43.4 Å². The molecule has 184 valence electrons. The van der Waals surface area contributed by atoms with E-state index in [1.54, 1.807) is 17.6 Å². The molecule has 4 heterocycles. The number of aromatic nitrogens is 3. The van der Waals surface area contributed by atoms with Gasteiger partial charge in [0.15, 0.2) is 0 Å². The van der Waals surface area contributed by atoms with E-state index in [0.717, 1.165) is 55.4 Å². The van der Waals surface area contributed by atoms with Gasteiger partial charge in [-0.25, -0.2) is 4.98 Å². The van der Waals surface area contributed by atoms with Crippen LogP contribution in [-0.2, 0) is 0 Å². The molecule has 8 aromatic rings. The van der Waals surface area contributed by atoms with Crippen molar-refractivity contribution in [2.24, 2.45) is 0 Å². The van der Waals surface area contributed by atoms with Crippen molar-refractivity contribution in [3.8, 4) is 38.8 Å². The first kappa shape index (κ1) is 22.0. The maximum Gasteiger partial charge on any atom is 0.133 e.